The van der Waals surface area contributed by atoms with Gasteiger partial charge in [-0.15, -0.1) is 0 Å². The molecular weight excluding hydrogens is 202 g/mol. The summed E-state index contributed by atoms with van der Waals surface area (Å²) < 4.78 is 25.4. The van der Waals surface area contributed by atoms with Gasteiger partial charge in [-0.25, -0.2) is 8.78 Å². The van der Waals surface area contributed by atoms with Gasteiger partial charge in [-0.3, -0.25) is 4.79 Å². The molecule has 0 bridgehead atoms. The number of benzene rings is 1. The van der Waals surface area contributed by atoms with Crippen LogP contribution in [0, 0.1) is 11.6 Å². The van der Waals surface area contributed by atoms with Crippen molar-refractivity contribution < 1.29 is 18.7 Å². The van der Waals surface area contributed by atoms with Gasteiger partial charge in [-0.05, 0) is 6.07 Å². The van der Waals surface area contributed by atoms with Crippen molar-refractivity contribution in [2.24, 2.45) is 0 Å². The van der Waals surface area contributed by atoms with Crippen LogP contribution in [0.5, 0.6) is 0 Å². The van der Waals surface area contributed by atoms with Crippen LogP contribution in [0.4, 0.5) is 8.78 Å². The monoisotopic (exact) mass is 206 g/mol. The molecule has 1 N–H and O–H groups in total. The van der Waals surface area contributed by atoms with Gasteiger partial charge in [0.1, 0.15) is 11.6 Å². The summed E-state index contributed by atoms with van der Waals surface area (Å²) in [5.74, 6) is -2.98. The SMILES string of the molecule is O=C(O)Cc1c(F)cc(F)cc1Cl. The summed E-state index contributed by atoms with van der Waals surface area (Å²) in [6, 6.07) is 1.48. The molecule has 0 amide bonds. The van der Waals surface area contributed by atoms with Gasteiger partial charge < -0.3 is 5.11 Å². The maximum Gasteiger partial charge on any atom is 0.307 e. The summed E-state index contributed by atoms with van der Waals surface area (Å²) >= 11 is 5.44. The van der Waals surface area contributed by atoms with E-state index in [9.17, 15) is 13.6 Å². The Bertz CT molecular complexity index is 329. The summed E-state index contributed by atoms with van der Waals surface area (Å²) in [6.45, 7) is 0. The van der Waals surface area contributed by atoms with Gasteiger partial charge in [0, 0.05) is 11.6 Å². The van der Waals surface area contributed by atoms with Gasteiger partial charge in [0.2, 0.25) is 0 Å². The van der Waals surface area contributed by atoms with Gasteiger partial charge in [-0.1, -0.05) is 11.6 Å². The molecular formula is C8H5ClF2O2. The summed E-state index contributed by atoms with van der Waals surface area (Å²) in [5.41, 5.74) is -0.199. The van der Waals surface area contributed by atoms with Crippen LogP contribution in [0.15, 0.2) is 12.1 Å². The van der Waals surface area contributed by atoms with Crippen molar-refractivity contribution >= 4 is 17.6 Å². The number of hydrogen-bond donors (Lipinski definition) is 1. The predicted octanol–water partition coefficient (Wildman–Crippen LogP) is 2.25. The van der Waals surface area contributed by atoms with Crippen molar-refractivity contribution in [1.82, 2.24) is 0 Å². The third-order valence-corrected chi connectivity index (χ3v) is 1.77. The molecule has 2 nitrogen and oxygen atoms in total. The lowest BCUT2D eigenvalue weighted by Gasteiger charge is -2.02. The number of hydrogen-bond acceptors (Lipinski definition) is 1. The van der Waals surface area contributed by atoms with Crippen molar-refractivity contribution in [3.8, 4) is 0 Å². The molecule has 0 unspecified atom stereocenters. The first-order valence-electron chi connectivity index (χ1n) is 3.36. The normalized spacial score (nSPS) is 10.1. The van der Waals surface area contributed by atoms with Crippen LogP contribution >= 0.6 is 11.6 Å². The van der Waals surface area contributed by atoms with Crippen LogP contribution in [0.2, 0.25) is 5.02 Å². The van der Waals surface area contributed by atoms with E-state index in [1.54, 1.807) is 0 Å². The molecule has 13 heavy (non-hydrogen) atoms. The van der Waals surface area contributed by atoms with Crippen molar-refractivity contribution in [3.63, 3.8) is 0 Å². The number of halogens is 3. The Morgan fingerprint density at radius 3 is 2.54 bits per heavy atom. The van der Waals surface area contributed by atoms with Crippen molar-refractivity contribution in [3.05, 3.63) is 34.4 Å². The minimum absolute atomic E-state index is 0.199. The van der Waals surface area contributed by atoms with Crippen molar-refractivity contribution in [1.29, 1.82) is 0 Å². The van der Waals surface area contributed by atoms with E-state index in [1.165, 1.54) is 0 Å². The van der Waals surface area contributed by atoms with Crippen LogP contribution in [0.25, 0.3) is 0 Å². The third-order valence-electron chi connectivity index (χ3n) is 1.43. The zero-order chi connectivity index (χ0) is 10.0. The molecule has 0 aliphatic heterocycles. The smallest absolute Gasteiger partial charge is 0.307 e. The van der Waals surface area contributed by atoms with E-state index in [-0.39, 0.29) is 10.6 Å². The zero-order valence-corrected chi connectivity index (χ0v) is 7.11. The lowest BCUT2D eigenvalue weighted by molar-refractivity contribution is -0.136. The lowest BCUT2D eigenvalue weighted by atomic mass is 10.1. The Labute approximate surface area is 77.8 Å². The summed E-state index contributed by atoms with van der Waals surface area (Å²) in [6.07, 6.45) is -0.551. The topological polar surface area (TPSA) is 37.3 Å². The van der Waals surface area contributed by atoms with Crippen LogP contribution in [0.1, 0.15) is 5.56 Å². The molecule has 70 valence electrons. The molecule has 1 aromatic rings. The molecule has 5 heteroatoms. The van der Waals surface area contributed by atoms with E-state index in [2.05, 4.69) is 0 Å². The van der Waals surface area contributed by atoms with Gasteiger partial charge in [0.15, 0.2) is 0 Å². The van der Waals surface area contributed by atoms with Crippen molar-refractivity contribution in [2.45, 2.75) is 6.42 Å². The highest BCUT2D eigenvalue weighted by Crippen LogP contribution is 2.21. The average Bonchev–Trinajstić information content (AvgIpc) is 1.96. The largest absolute Gasteiger partial charge is 0.481 e. The molecule has 0 atom stereocenters. The van der Waals surface area contributed by atoms with Crippen LogP contribution < -0.4 is 0 Å². The summed E-state index contributed by atoms with van der Waals surface area (Å²) in [4.78, 5) is 10.2. The fourth-order valence-corrected chi connectivity index (χ4v) is 1.15. The molecule has 0 heterocycles. The van der Waals surface area contributed by atoms with E-state index in [4.69, 9.17) is 16.7 Å². The second-order valence-corrected chi connectivity index (χ2v) is 2.83. The average molecular weight is 207 g/mol. The number of aliphatic carboxylic acids is 1. The summed E-state index contributed by atoms with van der Waals surface area (Å²) in [7, 11) is 0. The molecule has 0 fully saturated rings. The van der Waals surface area contributed by atoms with E-state index in [1.807, 2.05) is 0 Å². The number of carboxylic acids is 1. The fraction of sp³-hybridized carbons (Fsp3) is 0.125. The Balaban J connectivity index is 3.13. The second-order valence-electron chi connectivity index (χ2n) is 2.42. The van der Waals surface area contributed by atoms with Gasteiger partial charge in [0.25, 0.3) is 0 Å². The van der Waals surface area contributed by atoms with Crippen LogP contribution in [-0.4, -0.2) is 11.1 Å². The van der Waals surface area contributed by atoms with E-state index in [0.29, 0.717) is 6.07 Å². The van der Waals surface area contributed by atoms with Gasteiger partial charge in [-0.2, -0.15) is 0 Å². The minimum Gasteiger partial charge on any atom is -0.481 e. The molecule has 0 saturated carbocycles. The quantitative estimate of drug-likeness (QED) is 0.806. The number of rotatable bonds is 2. The van der Waals surface area contributed by atoms with Gasteiger partial charge >= 0.3 is 5.97 Å². The first-order chi connectivity index (χ1) is 6.00. The highest BCUT2D eigenvalue weighted by atomic mass is 35.5. The Hall–Kier alpha value is -1.16. The van der Waals surface area contributed by atoms with E-state index >= 15 is 0 Å². The molecule has 0 spiro atoms. The molecule has 1 aromatic carbocycles. The molecule has 0 radical (unpaired) electrons. The zero-order valence-electron chi connectivity index (χ0n) is 6.35. The molecule has 1 rings (SSSR count). The molecule has 0 aliphatic rings. The molecule has 0 aliphatic carbocycles. The van der Waals surface area contributed by atoms with E-state index in [0.717, 1.165) is 6.07 Å². The first kappa shape index (κ1) is 9.92. The van der Waals surface area contributed by atoms with Crippen molar-refractivity contribution in [2.75, 3.05) is 0 Å². The molecule has 0 aromatic heterocycles. The predicted molar refractivity (Wildman–Crippen MR) is 42.7 cm³/mol. The number of carboxylic acid groups (broad SMARTS) is 1. The first-order valence-corrected chi connectivity index (χ1v) is 3.73. The van der Waals surface area contributed by atoms with Crippen LogP contribution in [0.3, 0.4) is 0 Å². The maximum absolute atomic E-state index is 12.9. The second kappa shape index (κ2) is 3.70. The van der Waals surface area contributed by atoms with Gasteiger partial charge in [0.05, 0.1) is 11.4 Å². The highest BCUT2D eigenvalue weighted by Gasteiger charge is 2.12. The Morgan fingerprint density at radius 2 is 2.08 bits per heavy atom. The minimum atomic E-state index is -1.22. The summed E-state index contributed by atoms with van der Waals surface area (Å²) in [5, 5.41) is 8.16. The third kappa shape index (κ3) is 2.39. The lowest BCUT2D eigenvalue weighted by Crippen LogP contribution is -2.03. The van der Waals surface area contributed by atoms with Crippen LogP contribution in [-0.2, 0) is 11.2 Å². The highest BCUT2D eigenvalue weighted by molar-refractivity contribution is 6.31. The Morgan fingerprint density at radius 1 is 1.46 bits per heavy atom. The fourth-order valence-electron chi connectivity index (χ4n) is 0.892. The standard InChI is InChI=1S/C8H5ClF2O2/c9-6-1-4(10)2-7(11)5(6)3-8(12)13/h1-2H,3H2,(H,12,13). The number of carbonyl (C=O) groups is 1. The maximum atomic E-state index is 12.9. The Kier molecular flexibility index (Phi) is 2.83. The molecule has 0 saturated heterocycles. The van der Waals surface area contributed by atoms with E-state index < -0.39 is 24.0 Å².